The van der Waals surface area contributed by atoms with Gasteiger partial charge in [-0.1, -0.05) is 17.7 Å². The summed E-state index contributed by atoms with van der Waals surface area (Å²) >= 11 is 5.85. The van der Waals surface area contributed by atoms with Gasteiger partial charge in [-0.3, -0.25) is 4.72 Å². The first-order valence-electron chi connectivity index (χ1n) is 5.89. The zero-order chi connectivity index (χ0) is 16.3. The fraction of sp³-hybridized carbons (Fsp3) is 0. The maximum atomic E-state index is 12.3. The number of nitrogens with zero attached hydrogens (tertiary/aromatic N) is 1. The van der Waals surface area contributed by atoms with Crippen LogP contribution in [0.15, 0.2) is 47.4 Å². The number of hydrogen-bond acceptors (Lipinski definition) is 4. The van der Waals surface area contributed by atoms with Crippen LogP contribution in [-0.2, 0) is 10.0 Å². The molecule has 0 spiro atoms. The summed E-state index contributed by atoms with van der Waals surface area (Å²) in [6.07, 6.45) is 0. The van der Waals surface area contributed by atoms with Crippen molar-refractivity contribution in [3.8, 4) is 6.07 Å². The van der Waals surface area contributed by atoms with E-state index >= 15 is 0 Å². The fourth-order valence-corrected chi connectivity index (χ4v) is 3.28. The van der Waals surface area contributed by atoms with E-state index in [2.05, 4.69) is 4.72 Å². The van der Waals surface area contributed by atoms with Gasteiger partial charge in [0.05, 0.1) is 27.9 Å². The molecular weight excluding hydrogens is 328 g/mol. The zero-order valence-corrected chi connectivity index (χ0v) is 12.5. The second kappa shape index (κ2) is 6.05. The van der Waals surface area contributed by atoms with Crippen LogP contribution in [0.4, 0.5) is 5.69 Å². The minimum atomic E-state index is -4.08. The van der Waals surface area contributed by atoms with Gasteiger partial charge in [-0.25, -0.2) is 13.2 Å². The average molecular weight is 337 g/mol. The molecule has 0 unspecified atom stereocenters. The van der Waals surface area contributed by atoms with Gasteiger partial charge < -0.3 is 5.11 Å². The molecule has 8 heteroatoms. The van der Waals surface area contributed by atoms with E-state index < -0.39 is 16.0 Å². The Kier molecular flexibility index (Phi) is 4.35. The first kappa shape index (κ1) is 15.8. The lowest BCUT2D eigenvalue weighted by atomic mass is 10.2. The number of carbonyl (C=O) groups is 1. The summed E-state index contributed by atoms with van der Waals surface area (Å²) in [6, 6.07) is 11.1. The van der Waals surface area contributed by atoms with Gasteiger partial charge in [0.15, 0.2) is 0 Å². The highest BCUT2D eigenvalue weighted by atomic mass is 35.5. The molecule has 0 atom stereocenters. The first-order valence-corrected chi connectivity index (χ1v) is 7.75. The second-order valence-corrected chi connectivity index (χ2v) is 6.31. The third-order valence-corrected chi connectivity index (χ3v) is 4.57. The highest BCUT2D eigenvalue weighted by Gasteiger charge is 2.20. The molecule has 0 radical (unpaired) electrons. The van der Waals surface area contributed by atoms with Crippen molar-refractivity contribution in [3.63, 3.8) is 0 Å². The van der Waals surface area contributed by atoms with Gasteiger partial charge in [0.2, 0.25) is 0 Å². The molecular formula is C14H9ClN2O4S. The number of aromatic carboxylic acids is 1. The Bertz CT molecular complexity index is 888. The van der Waals surface area contributed by atoms with E-state index in [0.717, 1.165) is 6.07 Å². The standard InChI is InChI=1S/C14H9ClN2O4S/c15-12-5-4-10(14(18)19)7-13(12)22(20,21)17-11-3-1-2-9(6-11)8-16/h1-7,17H,(H,18,19). The minimum absolute atomic E-state index is 0.103. The predicted molar refractivity (Wildman–Crippen MR) is 80.4 cm³/mol. The molecule has 0 fully saturated rings. The van der Waals surface area contributed by atoms with Crippen LogP contribution >= 0.6 is 11.6 Å². The van der Waals surface area contributed by atoms with E-state index in [-0.39, 0.29) is 26.7 Å². The summed E-state index contributed by atoms with van der Waals surface area (Å²) in [4.78, 5) is 10.6. The molecule has 0 aliphatic rings. The number of halogens is 1. The Morgan fingerprint density at radius 3 is 2.59 bits per heavy atom. The second-order valence-electron chi connectivity index (χ2n) is 4.25. The van der Waals surface area contributed by atoms with Crippen molar-refractivity contribution >= 4 is 33.3 Å². The summed E-state index contributed by atoms with van der Waals surface area (Å²) in [5.41, 5.74) is 0.261. The topological polar surface area (TPSA) is 107 Å². The van der Waals surface area contributed by atoms with Gasteiger partial charge >= 0.3 is 5.97 Å². The maximum Gasteiger partial charge on any atom is 0.335 e. The third-order valence-electron chi connectivity index (χ3n) is 2.71. The highest BCUT2D eigenvalue weighted by molar-refractivity contribution is 7.92. The normalized spacial score (nSPS) is 10.7. The lowest BCUT2D eigenvalue weighted by Crippen LogP contribution is -2.14. The summed E-state index contributed by atoms with van der Waals surface area (Å²) < 4.78 is 26.9. The van der Waals surface area contributed by atoms with Crippen LogP contribution in [0.2, 0.25) is 5.02 Å². The van der Waals surface area contributed by atoms with E-state index in [1.54, 1.807) is 0 Å². The molecule has 112 valence electrons. The molecule has 2 N–H and O–H groups in total. The number of nitriles is 1. The van der Waals surface area contributed by atoms with E-state index in [1.165, 1.54) is 36.4 Å². The van der Waals surface area contributed by atoms with Gasteiger partial charge in [0.25, 0.3) is 10.0 Å². The molecule has 2 rings (SSSR count). The van der Waals surface area contributed by atoms with Gasteiger partial charge in [-0.05, 0) is 36.4 Å². The van der Waals surface area contributed by atoms with Crippen LogP contribution in [-0.4, -0.2) is 19.5 Å². The number of sulfonamides is 1. The molecule has 0 aliphatic carbocycles. The smallest absolute Gasteiger partial charge is 0.335 e. The number of anilines is 1. The Labute approximate surface area is 131 Å². The van der Waals surface area contributed by atoms with E-state index in [9.17, 15) is 13.2 Å². The third kappa shape index (κ3) is 3.36. The lowest BCUT2D eigenvalue weighted by Gasteiger charge is -2.10. The quantitative estimate of drug-likeness (QED) is 0.892. The lowest BCUT2D eigenvalue weighted by molar-refractivity contribution is 0.0696. The number of nitrogens with one attached hydrogen (secondary N) is 1. The van der Waals surface area contributed by atoms with Crippen LogP contribution in [0.25, 0.3) is 0 Å². The molecule has 0 saturated carbocycles. The van der Waals surface area contributed by atoms with Crippen LogP contribution in [0.1, 0.15) is 15.9 Å². The molecule has 0 aliphatic heterocycles. The van der Waals surface area contributed by atoms with Crippen LogP contribution in [0.3, 0.4) is 0 Å². The van der Waals surface area contributed by atoms with Crippen molar-refractivity contribution in [1.82, 2.24) is 0 Å². The van der Waals surface area contributed by atoms with E-state index in [4.69, 9.17) is 22.0 Å². The van der Waals surface area contributed by atoms with Crippen molar-refractivity contribution in [2.75, 3.05) is 4.72 Å². The number of benzene rings is 2. The summed E-state index contributed by atoms with van der Waals surface area (Å²) in [5, 5.41) is 17.6. The molecule has 0 amide bonds. The molecule has 0 saturated heterocycles. The number of rotatable bonds is 4. The number of carboxylic acid groups (broad SMARTS) is 1. The molecule has 2 aromatic carbocycles. The number of carboxylic acids is 1. The maximum absolute atomic E-state index is 12.3. The van der Waals surface area contributed by atoms with Crippen LogP contribution in [0.5, 0.6) is 0 Å². The van der Waals surface area contributed by atoms with Gasteiger partial charge in [-0.2, -0.15) is 5.26 Å². The van der Waals surface area contributed by atoms with Crippen LogP contribution in [0, 0.1) is 11.3 Å². The summed E-state index contributed by atoms with van der Waals surface area (Å²) in [7, 11) is -4.08. The van der Waals surface area contributed by atoms with Crippen LogP contribution < -0.4 is 4.72 Å². The summed E-state index contributed by atoms with van der Waals surface area (Å²) in [6.45, 7) is 0. The largest absolute Gasteiger partial charge is 0.478 e. The van der Waals surface area contributed by atoms with Crippen molar-refractivity contribution in [3.05, 3.63) is 58.6 Å². The SMILES string of the molecule is N#Cc1cccc(NS(=O)(=O)c2cc(C(=O)O)ccc2Cl)c1. The monoisotopic (exact) mass is 336 g/mol. The summed E-state index contributed by atoms with van der Waals surface area (Å²) in [5.74, 6) is -1.26. The minimum Gasteiger partial charge on any atom is -0.478 e. The van der Waals surface area contributed by atoms with E-state index in [0.29, 0.717) is 0 Å². The fourth-order valence-electron chi connectivity index (χ4n) is 1.70. The van der Waals surface area contributed by atoms with Gasteiger partial charge in [0, 0.05) is 0 Å². The molecule has 2 aromatic rings. The molecule has 0 heterocycles. The van der Waals surface area contributed by atoms with Crippen molar-refractivity contribution in [2.24, 2.45) is 0 Å². The first-order chi connectivity index (χ1) is 10.3. The number of hydrogen-bond donors (Lipinski definition) is 2. The average Bonchev–Trinajstić information content (AvgIpc) is 2.47. The molecule has 0 aromatic heterocycles. The van der Waals surface area contributed by atoms with Crippen molar-refractivity contribution < 1.29 is 18.3 Å². The van der Waals surface area contributed by atoms with Gasteiger partial charge in [0.1, 0.15) is 4.90 Å². The van der Waals surface area contributed by atoms with E-state index in [1.807, 2.05) is 6.07 Å². The van der Waals surface area contributed by atoms with Crippen molar-refractivity contribution in [2.45, 2.75) is 4.90 Å². The Morgan fingerprint density at radius 1 is 1.23 bits per heavy atom. The molecule has 0 bridgehead atoms. The molecule has 22 heavy (non-hydrogen) atoms. The highest BCUT2D eigenvalue weighted by Crippen LogP contribution is 2.25. The Hall–Kier alpha value is -2.56. The van der Waals surface area contributed by atoms with Crippen molar-refractivity contribution in [1.29, 1.82) is 5.26 Å². The Balaban J connectivity index is 2.44. The molecule has 6 nitrogen and oxygen atoms in total. The van der Waals surface area contributed by atoms with Gasteiger partial charge in [-0.15, -0.1) is 0 Å². The Morgan fingerprint density at radius 2 is 1.95 bits per heavy atom. The predicted octanol–water partition coefficient (Wildman–Crippen LogP) is 2.71. The zero-order valence-electron chi connectivity index (χ0n) is 10.9.